The summed E-state index contributed by atoms with van der Waals surface area (Å²) < 4.78 is 0. The van der Waals surface area contributed by atoms with Gasteiger partial charge in [-0.15, -0.1) is 0 Å². The van der Waals surface area contributed by atoms with E-state index in [0.717, 1.165) is 42.8 Å². The summed E-state index contributed by atoms with van der Waals surface area (Å²) in [5, 5.41) is 21.1. The van der Waals surface area contributed by atoms with Gasteiger partial charge >= 0.3 is 0 Å². The molecule has 0 amide bonds. The summed E-state index contributed by atoms with van der Waals surface area (Å²) in [6.07, 6.45) is 4.09. The summed E-state index contributed by atoms with van der Waals surface area (Å²) in [5.74, 6) is 0. The van der Waals surface area contributed by atoms with Crippen molar-refractivity contribution in [2.45, 2.75) is 24.9 Å². The normalized spacial score (nSPS) is 18.4. The second-order valence-corrected chi connectivity index (χ2v) is 5.29. The van der Waals surface area contributed by atoms with E-state index in [-0.39, 0.29) is 0 Å². The van der Waals surface area contributed by atoms with Gasteiger partial charge in [0.05, 0.1) is 17.5 Å². The van der Waals surface area contributed by atoms with Crippen LogP contribution in [0.5, 0.6) is 0 Å². The number of hydrogen-bond donors (Lipinski definition) is 3. The molecule has 0 atom stereocenters. The van der Waals surface area contributed by atoms with Gasteiger partial charge in [-0.05, 0) is 31.5 Å². The lowest BCUT2D eigenvalue weighted by molar-refractivity contribution is 0.0110. The molecule has 3 rings (SSSR count). The van der Waals surface area contributed by atoms with Crippen LogP contribution in [0.1, 0.15) is 18.4 Å². The third-order valence-electron chi connectivity index (χ3n) is 3.83. The highest BCUT2D eigenvalue weighted by molar-refractivity contribution is 5.62. The lowest BCUT2D eigenvalue weighted by Gasteiger charge is -2.32. The van der Waals surface area contributed by atoms with Crippen molar-refractivity contribution in [1.82, 2.24) is 15.5 Å². The van der Waals surface area contributed by atoms with Gasteiger partial charge in [-0.25, -0.2) is 0 Å². The van der Waals surface area contributed by atoms with Crippen molar-refractivity contribution in [3.8, 4) is 11.3 Å². The second-order valence-electron chi connectivity index (χ2n) is 5.29. The number of piperidine rings is 1. The fourth-order valence-corrected chi connectivity index (χ4v) is 2.72. The Balaban J connectivity index is 1.84. The molecule has 4 nitrogen and oxygen atoms in total. The smallest absolute Gasteiger partial charge is 0.0713 e. The molecule has 2 heterocycles. The van der Waals surface area contributed by atoms with Gasteiger partial charge in [0.25, 0.3) is 0 Å². The van der Waals surface area contributed by atoms with E-state index in [1.165, 1.54) is 0 Å². The molecule has 1 aliphatic heterocycles. The summed E-state index contributed by atoms with van der Waals surface area (Å²) in [4.78, 5) is 0. The van der Waals surface area contributed by atoms with Crippen LogP contribution in [0.3, 0.4) is 0 Å². The van der Waals surface area contributed by atoms with Gasteiger partial charge in [-0.1, -0.05) is 30.3 Å². The van der Waals surface area contributed by atoms with Crippen LogP contribution in [0.15, 0.2) is 36.5 Å². The van der Waals surface area contributed by atoms with Crippen LogP contribution in [0, 0.1) is 0 Å². The van der Waals surface area contributed by atoms with Crippen molar-refractivity contribution in [3.63, 3.8) is 0 Å². The predicted octanol–water partition coefficient (Wildman–Crippen LogP) is 1.73. The molecule has 2 aromatic rings. The van der Waals surface area contributed by atoms with E-state index >= 15 is 0 Å². The molecule has 1 aliphatic rings. The largest absolute Gasteiger partial charge is 0.389 e. The van der Waals surface area contributed by atoms with Crippen molar-refractivity contribution >= 4 is 0 Å². The lowest BCUT2D eigenvalue weighted by Crippen LogP contribution is -2.43. The fraction of sp³-hybridized carbons (Fsp3) is 0.400. The highest BCUT2D eigenvalue weighted by Gasteiger charge is 2.30. The number of aliphatic hydroxyl groups is 1. The maximum absolute atomic E-state index is 10.6. The minimum atomic E-state index is -0.599. The van der Waals surface area contributed by atoms with Crippen LogP contribution in [0.2, 0.25) is 0 Å². The zero-order chi connectivity index (χ0) is 13.1. The number of rotatable bonds is 3. The average molecular weight is 257 g/mol. The Morgan fingerprint density at radius 2 is 1.89 bits per heavy atom. The number of aromatic amines is 1. The van der Waals surface area contributed by atoms with Crippen LogP contribution in [0.4, 0.5) is 0 Å². The molecule has 0 aliphatic carbocycles. The van der Waals surface area contributed by atoms with Crippen LogP contribution in [-0.2, 0) is 6.42 Å². The SMILES string of the molecule is OC1(Cc2cn[nH]c2-c2ccccc2)CCNCC1. The molecule has 19 heavy (non-hydrogen) atoms. The minimum Gasteiger partial charge on any atom is -0.389 e. The Morgan fingerprint density at radius 1 is 1.16 bits per heavy atom. The molecule has 1 aromatic heterocycles. The Hall–Kier alpha value is -1.65. The first kappa shape index (κ1) is 12.4. The number of nitrogens with one attached hydrogen (secondary N) is 2. The zero-order valence-electron chi connectivity index (χ0n) is 10.9. The number of benzene rings is 1. The van der Waals surface area contributed by atoms with Gasteiger partial charge in [0.1, 0.15) is 0 Å². The molecule has 0 unspecified atom stereocenters. The van der Waals surface area contributed by atoms with Gasteiger partial charge in [-0.3, -0.25) is 5.10 Å². The number of hydrogen-bond acceptors (Lipinski definition) is 3. The second kappa shape index (κ2) is 5.15. The van der Waals surface area contributed by atoms with Crippen molar-refractivity contribution in [3.05, 3.63) is 42.1 Å². The third kappa shape index (κ3) is 2.69. The van der Waals surface area contributed by atoms with Gasteiger partial charge in [0, 0.05) is 12.0 Å². The molecule has 100 valence electrons. The molecular weight excluding hydrogens is 238 g/mol. The Bertz CT molecular complexity index is 529. The van der Waals surface area contributed by atoms with Gasteiger partial charge in [0.15, 0.2) is 0 Å². The number of nitrogens with zero attached hydrogens (tertiary/aromatic N) is 1. The molecule has 0 spiro atoms. The van der Waals surface area contributed by atoms with E-state index in [9.17, 15) is 5.11 Å². The Labute approximate surface area is 112 Å². The van der Waals surface area contributed by atoms with Crippen LogP contribution >= 0.6 is 0 Å². The molecule has 3 N–H and O–H groups in total. The summed E-state index contributed by atoms with van der Waals surface area (Å²) in [6, 6.07) is 10.1. The highest BCUT2D eigenvalue weighted by atomic mass is 16.3. The van der Waals surface area contributed by atoms with Crippen LogP contribution < -0.4 is 5.32 Å². The molecule has 0 bridgehead atoms. The molecule has 1 fully saturated rings. The summed E-state index contributed by atoms with van der Waals surface area (Å²) in [6.45, 7) is 1.77. The highest BCUT2D eigenvalue weighted by Crippen LogP contribution is 2.28. The van der Waals surface area contributed by atoms with Gasteiger partial charge in [-0.2, -0.15) is 5.10 Å². The van der Waals surface area contributed by atoms with Crippen molar-refractivity contribution in [2.75, 3.05) is 13.1 Å². The summed E-state index contributed by atoms with van der Waals surface area (Å²) >= 11 is 0. The predicted molar refractivity (Wildman–Crippen MR) is 74.8 cm³/mol. The zero-order valence-corrected chi connectivity index (χ0v) is 10.9. The van der Waals surface area contributed by atoms with E-state index in [0.29, 0.717) is 6.42 Å². The van der Waals surface area contributed by atoms with Crippen molar-refractivity contribution in [1.29, 1.82) is 0 Å². The van der Waals surface area contributed by atoms with E-state index < -0.39 is 5.60 Å². The molecule has 0 saturated carbocycles. The molecule has 1 aromatic carbocycles. The Morgan fingerprint density at radius 3 is 2.63 bits per heavy atom. The summed E-state index contributed by atoms with van der Waals surface area (Å²) in [5.41, 5.74) is 2.63. The van der Waals surface area contributed by atoms with Gasteiger partial charge < -0.3 is 10.4 Å². The minimum absolute atomic E-state index is 0.599. The van der Waals surface area contributed by atoms with Crippen molar-refractivity contribution < 1.29 is 5.11 Å². The van der Waals surface area contributed by atoms with Crippen LogP contribution in [0.25, 0.3) is 11.3 Å². The maximum Gasteiger partial charge on any atom is 0.0713 e. The van der Waals surface area contributed by atoms with Crippen molar-refractivity contribution in [2.24, 2.45) is 0 Å². The molecule has 4 heteroatoms. The first-order valence-electron chi connectivity index (χ1n) is 6.78. The molecule has 1 saturated heterocycles. The Kier molecular flexibility index (Phi) is 3.36. The quantitative estimate of drug-likeness (QED) is 0.785. The molecule has 0 radical (unpaired) electrons. The first-order chi connectivity index (χ1) is 9.27. The third-order valence-corrected chi connectivity index (χ3v) is 3.83. The lowest BCUT2D eigenvalue weighted by atomic mass is 9.85. The maximum atomic E-state index is 10.6. The van der Waals surface area contributed by atoms with E-state index in [1.54, 1.807) is 0 Å². The standard InChI is InChI=1S/C15H19N3O/c19-15(6-8-16-9-7-15)10-13-11-17-18-14(13)12-4-2-1-3-5-12/h1-5,11,16,19H,6-10H2,(H,17,18). The molecular formula is C15H19N3O. The monoisotopic (exact) mass is 257 g/mol. The average Bonchev–Trinajstić information content (AvgIpc) is 2.88. The number of aromatic nitrogens is 2. The fourth-order valence-electron chi connectivity index (χ4n) is 2.72. The van der Waals surface area contributed by atoms with Gasteiger partial charge in [0.2, 0.25) is 0 Å². The van der Waals surface area contributed by atoms with Crippen LogP contribution in [-0.4, -0.2) is 34.0 Å². The number of H-pyrrole nitrogens is 1. The van der Waals surface area contributed by atoms with E-state index in [1.807, 2.05) is 24.4 Å². The summed E-state index contributed by atoms with van der Waals surface area (Å²) in [7, 11) is 0. The van der Waals surface area contributed by atoms with E-state index in [2.05, 4.69) is 27.6 Å². The first-order valence-corrected chi connectivity index (χ1v) is 6.78. The van der Waals surface area contributed by atoms with E-state index in [4.69, 9.17) is 0 Å². The topological polar surface area (TPSA) is 60.9 Å².